The number of carbonyl (C=O) groups is 2. The number of rotatable bonds is 8. The number of carbonyl (C=O) groups excluding carboxylic acids is 2. The number of hydrazone groups is 1. The van der Waals surface area contributed by atoms with Crippen LogP contribution in [0.2, 0.25) is 0 Å². The standard InChI is InChI=1S/C25H30N4O4/c1-2-33-20-10-8-18(9-11-20)25(12-14-32-15-13-25)17-27-24(31)21-16-22(23(26)30)29(28-21)19-6-4-3-5-7-19/h3-11,22H,2,12-17H2,1H3,(H2,26,30)(H,27,31). The number of anilines is 1. The average Bonchev–Trinajstić information content (AvgIpc) is 3.31. The average molecular weight is 451 g/mol. The Labute approximate surface area is 193 Å². The fourth-order valence-electron chi connectivity index (χ4n) is 4.44. The first-order chi connectivity index (χ1) is 16.0. The molecule has 4 rings (SSSR count). The van der Waals surface area contributed by atoms with Crippen molar-refractivity contribution in [3.05, 3.63) is 60.2 Å². The zero-order valence-electron chi connectivity index (χ0n) is 18.8. The lowest BCUT2D eigenvalue weighted by Gasteiger charge is -2.38. The van der Waals surface area contributed by atoms with Crippen LogP contribution in [0.1, 0.15) is 31.7 Å². The molecule has 0 aromatic heterocycles. The van der Waals surface area contributed by atoms with Crippen molar-refractivity contribution < 1.29 is 19.1 Å². The maximum Gasteiger partial charge on any atom is 0.267 e. The molecular weight excluding hydrogens is 420 g/mol. The van der Waals surface area contributed by atoms with Crippen LogP contribution in [-0.2, 0) is 19.7 Å². The first-order valence-corrected chi connectivity index (χ1v) is 11.3. The molecule has 1 saturated heterocycles. The number of para-hydroxylation sites is 1. The molecule has 2 aliphatic rings. The van der Waals surface area contributed by atoms with Gasteiger partial charge in [0, 0.05) is 31.6 Å². The van der Waals surface area contributed by atoms with Gasteiger partial charge in [-0.2, -0.15) is 5.10 Å². The SMILES string of the molecule is CCOc1ccc(C2(CNC(=O)C3=NN(c4ccccc4)C(C(N)=O)C3)CCOCC2)cc1. The van der Waals surface area contributed by atoms with E-state index in [4.69, 9.17) is 15.2 Å². The molecule has 0 saturated carbocycles. The van der Waals surface area contributed by atoms with E-state index < -0.39 is 11.9 Å². The van der Waals surface area contributed by atoms with Crippen LogP contribution in [0.25, 0.3) is 0 Å². The second-order valence-electron chi connectivity index (χ2n) is 8.38. The number of benzene rings is 2. The van der Waals surface area contributed by atoms with Gasteiger partial charge in [0.2, 0.25) is 5.91 Å². The highest BCUT2D eigenvalue weighted by molar-refractivity contribution is 6.40. The van der Waals surface area contributed by atoms with Crippen LogP contribution >= 0.6 is 0 Å². The molecule has 2 aromatic carbocycles. The Balaban J connectivity index is 1.50. The Morgan fingerprint density at radius 1 is 1.15 bits per heavy atom. The summed E-state index contributed by atoms with van der Waals surface area (Å²) in [5.41, 5.74) is 7.53. The van der Waals surface area contributed by atoms with Gasteiger partial charge in [0.15, 0.2) is 0 Å². The molecule has 2 aliphatic heterocycles. The fourth-order valence-corrected chi connectivity index (χ4v) is 4.44. The van der Waals surface area contributed by atoms with Gasteiger partial charge in [-0.05, 0) is 49.6 Å². The molecule has 8 nitrogen and oxygen atoms in total. The number of nitrogens with zero attached hydrogens (tertiary/aromatic N) is 2. The van der Waals surface area contributed by atoms with E-state index in [1.165, 1.54) is 5.01 Å². The largest absolute Gasteiger partial charge is 0.494 e. The molecule has 174 valence electrons. The Morgan fingerprint density at radius 3 is 2.48 bits per heavy atom. The van der Waals surface area contributed by atoms with Gasteiger partial charge < -0.3 is 20.5 Å². The van der Waals surface area contributed by atoms with Gasteiger partial charge in [-0.25, -0.2) is 0 Å². The lowest BCUT2D eigenvalue weighted by molar-refractivity contribution is -0.119. The predicted octanol–water partition coefficient (Wildman–Crippen LogP) is 2.37. The number of hydrogen-bond acceptors (Lipinski definition) is 6. The first kappa shape index (κ1) is 22.8. The molecule has 0 spiro atoms. The fraction of sp³-hybridized carbons (Fsp3) is 0.400. The van der Waals surface area contributed by atoms with Crippen LogP contribution in [0.4, 0.5) is 5.69 Å². The zero-order valence-corrected chi connectivity index (χ0v) is 18.8. The van der Waals surface area contributed by atoms with Crippen molar-refractivity contribution in [1.82, 2.24) is 5.32 Å². The van der Waals surface area contributed by atoms with E-state index in [2.05, 4.69) is 22.6 Å². The lowest BCUT2D eigenvalue weighted by Crippen LogP contribution is -2.46. The summed E-state index contributed by atoms with van der Waals surface area (Å²) in [6.45, 7) is 4.29. The molecule has 1 fully saturated rings. The van der Waals surface area contributed by atoms with E-state index in [-0.39, 0.29) is 17.7 Å². The predicted molar refractivity (Wildman–Crippen MR) is 126 cm³/mol. The summed E-state index contributed by atoms with van der Waals surface area (Å²) in [6, 6.07) is 16.6. The summed E-state index contributed by atoms with van der Waals surface area (Å²) < 4.78 is 11.2. The van der Waals surface area contributed by atoms with E-state index in [1.54, 1.807) is 0 Å². The molecule has 2 aromatic rings. The van der Waals surface area contributed by atoms with Crippen molar-refractivity contribution in [2.24, 2.45) is 10.8 Å². The molecule has 2 amide bonds. The zero-order chi connectivity index (χ0) is 23.3. The number of hydrogen-bond donors (Lipinski definition) is 2. The van der Waals surface area contributed by atoms with E-state index in [0.29, 0.717) is 32.1 Å². The molecule has 0 radical (unpaired) electrons. The van der Waals surface area contributed by atoms with Gasteiger partial charge in [0.25, 0.3) is 5.91 Å². The Kier molecular flexibility index (Phi) is 6.93. The Hall–Kier alpha value is -3.39. The maximum absolute atomic E-state index is 13.1. The number of primary amides is 1. The summed E-state index contributed by atoms with van der Waals surface area (Å²) in [5.74, 6) is 0.0310. The van der Waals surface area contributed by atoms with Gasteiger partial charge in [-0.15, -0.1) is 0 Å². The van der Waals surface area contributed by atoms with Crippen LogP contribution in [0.5, 0.6) is 5.75 Å². The van der Waals surface area contributed by atoms with E-state index in [0.717, 1.165) is 29.8 Å². The quantitative estimate of drug-likeness (QED) is 0.642. The minimum absolute atomic E-state index is 0.176. The second-order valence-corrected chi connectivity index (χ2v) is 8.38. The molecule has 33 heavy (non-hydrogen) atoms. The molecule has 1 atom stereocenters. The summed E-state index contributed by atoms with van der Waals surface area (Å²) in [4.78, 5) is 25.1. The van der Waals surface area contributed by atoms with Crippen LogP contribution in [0.3, 0.4) is 0 Å². The molecular formula is C25H30N4O4. The second kappa shape index (κ2) is 10.0. The minimum atomic E-state index is -0.684. The highest BCUT2D eigenvalue weighted by Crippen LogP contribution is 2.35. The first-order valence-electron chi connectivity index (χ1n) is 11.3. The monoisotopic (exact) mass is 450 g/mol. The van der Waals surface area contributed by atoms with Crippen molar-refractivity contribution in [2.45, 2.75) is 37.6 Å². The van der Waals surface area contributed by atoms with Crippen LogP contribution in [0, 0.1) is 0 Å². The van der Waals surface area contributed by atoms with E-state index in [9.17, 15) is 9.59 Å². The third kappa shape index (κ3) is 5.01. The number of nitrogens with two attached hydrogens (primary N) is 1. The molecule has 1 unspecified atom stereocenters. The topological polar surface area (TPSA) is 106 Å². The van der Waals surface area contributed by atoms with Gasteiger partial charge in [0.05, 0.1) is 12.3 Å². The van der Waals surface area contributed by atoms with Crippen molar-refractivity contribution >= 4 is 23.2 Å². The number of ether oxygens (including phenoxy) is 2. The summed E-state index contributed by atoms with van der Waals surface area (Å²) >= 11 is 0. The summed E-state index contributed by atoms with van der Waals surface area (Å²) in [6.07, 6.45) is 1.77. The van der Waals surface area contributed by atoms with Crippen LogP contribution in [0.15, 0.2) is 59.7 Å². The third-order valence-electron chi connectivity index (χ3n) is 6.34. The van der Waals surface area contributed by atoms with Crippen LogP contribution in [-0.4, -0.2) is 49.9 Å². The van der Waals surface area contributed by atoms with Gasteiger partial charge in [-0.3, -0.25) is 14.6 Å². The van der Waals surface area contributed by atoms with Gasteiger partial charge in [0.1, 0.15) is 17.5 Å². The van der Waals surface area contributed by atoms with E-state index >= 15 is 0 Å². The van der Waals surface area contributed by atoms with Crippen molar-refractivity contribution in [2.75, 3.05) is 31.4 Å². The molecule has 0 aliphatic carbocycles. The minimum Gasteiger partial charge on any atom is -0.494 e. The molecule has 8 heteroatoms. The van der Waals surface area contributed by atoms with Crippen molar-refractivity contribution in [3.63, 3.8) is 0 Å². The smallest absolute Gasteiger partial charge is 0.267 e. The normalized spacial score (nSPS) is 19.6. The van der Waals surface area contributed by atoms with Crippen molar-refractivity contribution in [1.29, 1.82) is 0 Å². The Bertz CT molecular complexity index is 1000. The van der Waals surface area contributed by atoms with Gasteiger partial charge >= 0.3 is 0 Å². The summed E-state index contributed by atoms with van der Waals surface area (Å²) in [5, 5.41) is 9.05. The van der Waals surface area contributed by atoms with Crippen LogP contribution < -0.4 is 20.8 Å². The van der Waals surface area contributed by atoms with Gasteiger partial charge in [-0.1, -0.05) is 30.3 Å². The van der Waals surface area contributed by atoms with E-state index in [1.807, 2.05) is 49.4 Å². The molecule has 2 heterocycles. The van der Waals surface area contributed by atoms with Crippen molar-refractivity contribution in [3.8, 4) is 5.75 Å². The number of nitrogens with one attached hydrogen (secondary N) is 1. The Morgan fingerprint density at radius 2 is 1.85 bits per heavy atom. The lowest BCUT2D eigenvalue weighted by atomic mass is 9.74. The highest BCUT2D eigenvalue weighted by Gasteiger charge is 2.38. The summed E-state index contributed by atoms with van der Waals surface area (Å²) in [7, 11) is 0. The molecule has 0 bridgehead atoms. The number of amides is 2. The molecule has 3 N–H and O–H groups in total. The maximum atomic E-state index is 13.1. The third-order valence-corrected chi connectivity index (χ3v) is 6.34. The highest BCUT2D eigenvalue weighted by atomic mass is 16.5.